The molecule has 1 heterocycles. The molecule has 4 rings (SSSR count). The van der Waals surface area contributed by atoms with Gasteiger partial charge in [-0.1, -0.05) is 24.3 Å². The van der Waals surface area contributed by atoms with Crippen molar-refractivity contribution in [3.8, 4) is 10.6 Å². The molecule has 6 nitrogen and oxygen atoms in total. The average molecular weight is 339 g/mol. The van der Waals surface area contributed by atoms with E-state index in [4.69, 9.17) is 0 Å². The fraction of sp³-hybridized carbons (Fsp3) is 0.176. The van der Waals surface area contributed by atoms with E-state index in [1.54, 1.807) is 17.4 Å². The van der Waals surface area contributed by atoms with Gasteiger partial charge >= 0.3 is 0 Å². The van der Waals surface area contributed by atoms with Gasteiger partial charge in [0.05, 0.1) is 10.2 Å². The summed E-state index contributed by atoms with van der Waals surface area (Å²) in [6.45, 7) is 0. The van der Waals surface area contributed by atoms with Crippen LogP contribution < -0.4 is 5.32 Å². The van der Waals surface area contributed by atoms with Crippen LogP contribution >= 0.6 is 11.3 Å². The monoisotopic (exact) mass is 339 g/mol. The number of carbonyl (C=O) groups excluding carboxylic acids is 1. The first-order valence-electron chi connectivity index (χ1n) is 7.52. The molecule has 0 aliphatic heterocycles. The number of thiazole rings is 1. The van der Waals surface area contributed by atoms with E-state index in [1.807, 2.05) is 42.5 Å². The van der Waals surface area contributed by atoms with Gasteiger partial charge < -0.3 is 5.32 Å². The first kappa shape index (κ1) is 14.8. The fourth-order valence-corrected chi connectivity index (χ4v) is 3.62. The van der Waals surface area contributed by atoms with Crippen molar-refractivity contribution in [2.24, 2.45) is 5.92 Å². The molecule has 1 saturated carbocycles. The number of amides is 1. The standard InChI is InChI=1S/C17H13N3O3S/c21-16(12-9-14(12)20(22)23)18-11-5-3-4-10(8-11)17-19-13-6-1-2-7-15(13)24-17/h1-8,12,14H,9H2,(H,18,21)/t12-,14+/m1/s1. The quantitative estimate of drug-likeness (QED) is 0.582. The molecule has 3 aromatic rings. The Morgan fingerprint density at radius 3 is 2.83 bits per heavy atom. The Morgan fingerprint density at radius 1 is 1.25 bits per heavy atom. The minimum Gasteiger partial charge on any atom is -0.326 e. The van der Waals surface area contributed by atoms with Gasteiger partial charge in [-0.3, -0.25) is 14.9 Å². The summed E-state index contributed by atoms with van der Waals surface area (Å²) in [6.07, 6.45) is 0.316. The second kappa shape index (κ2) is 5.68. The number of nitro groups is 1. The minimum absolute atomic E-state index is 0.293. The Labute approximate surface area is 141 Å². The van der Waals surface area contributed by atoms with Gasteiger partial charge in [-0.05, 0) is 24.3 Å². The highest BCUT2D eigenvalue weighted by Crippen LogP contribution is 2.35. The molecule has 1 amide bonds. The molecule has 0 radical (unpaired) electrons. The van der Waals surface area contributed by atoms with Gasteiger partial charge in [0.1, 0.15) is 10.9 Å². The Morgan fingerprint density at radius 2 is 2.08 bits per heavy atom. The Kier molecular flexibility index (Phi) is 3.50. The smallest absolute Gasteiger partial charge is 0.234 e. The number of hydrogen-bond donors (Lipinski definition) is 1. The van der Waals surface area contributed by atoms with Gasteiger partial charge in [-0.2, -0.15) is 0 Å². The van der Waals surface area contributed by atoms with Crippen LogP contribution in [0.5, 0.6) is 0 Å². The molecular weight excluding hydrogens is 326 g/mol. The third-order valence-corrected chi connectivity index (χ3v) is 5.12. The van der Waals surface area contributed by atoms with E-state index >= 15 is 0 Å². The average Bonchev–Trinajstić information content (AvgIpc) is 3.27. The lowest BCUT2D eigenvalue weighted by Crippen LogP contribution is -2.18. The highest BCUT2D eigenvalue weighted by atomic mass is 32.1. The molecule has 1 fully saturated rings. The van der Waals surface area contributed by atoms with Crippen LogP contribution in [0.15, 0.2) is 48.5 Å². The van der Waals surface area contributed by atoms with Crippen molar-refractivity contribution < 1.29 is 9.72 Å². The number of carbonyl (C=O) groups is 1. The molecule has 1 aromatic heterocycles. The number of nitrogens with zero attached hydrogens (tertiary/aromatic N) is 2. The van der Waals surface area contributed by atoms with Gasteiger partial charge in [0, 0.05) is 22.6 Å². The van der Waals surface area contributed by atoms with E-state index in [9.17, 15) is 14.9 Å². The predicted octanol–water partition coefficient (Wildman–Crippen LogP) is 3.57. The number of fused-ring (bicyclic) bond motifs is 1. The first-order valence-corrected chi connectivity index (χ1v) is 8.34. The Bertz CT molecular complexity index is 920. The lowest BCUT2D eigenvalue weighted by molar-refractivity contribution is -0.497. The molecule has 7 heteroatoms. The summed E-state index contributed by atoms with van der Waals surface area (Å²) in [5, 5.41) is 14.3. The Balaban J connectivity index is 1.55. The predicted molar refractivity (Wildman–Crippen MR) is 92.6 cm³/mol. The minimum atomic E-state index is -0.738. The summed E-state index contributed by atoms with van der Waals surface area (Å²) in [5.41, 5.74) is 2.49. The molecule has 1 aliphatic carbocycles. The number of para-hydroxylation sites is 1. The molecular formula is C17H13N3O3S. The normalized spacial score (nSPS) is 19.2. The maximum absolute atomic E-state index is 12.0. The van der Waals surface area contributed by atoms with Gasteiger partial charge in [0.25, 0.3) is 0 Å². The first-order chi connectivity index (χ1) is 11.6. The second-order valence-electron chi connectivity index (χ2n) is 5.75. The van der Waals surface area contributed by atoms with E-state index in [0.29, 0.717) is 12.1 Å². The summed E-state index contributed by atoms with van der Waals surface area (Å²) in [4.78, 5) is 26.9. The van der Waals surface area contributed by atoms with Crippen molar-refractivity contribution in [2.45, 2.75) is 12.5 Å². The lowest BCUT2D eigenvalue weighted by atomic mass is 10.2. The van der Waals surface area contributed by atoms with Crippen LogP contribution in [0.4, 0.5) is 5.69 Å². The van der Waals surface area contributed by atoms with Crippen LogP contribution in [0.1, 0.15) is 6.42 Å². The van der Waals surface area contributed by atoms with Crippen molar-refractivity contribution in [3.05, 3.63) is 58.6 Å². The van der Waals surface area contributed by atoms with Crippen LogP contribution in [0.2, 0.25) is 0 Å². The number of benzene rings is 2. The van der Waals surface area contributed by atoms with Crippen molar-refractivity contribution in [1.82, 2.24) is 4.98 Å². The number of aromatic nitrogens is 1. The number of nitrogens with one attached hydrogen (secondary N) is 1. The van der Waals surface area contributed by atoms with E-state index in [2.05, 4.69) is 10.3 Å². The van der Waals surface area contributed by atoms with Crippen molar-refractivity contribution in [2.75, 3.05) is 5.32 Å². The summed E-state index contributed by atoms with van der Waals surface area (Å²) in [6, 6.07) is 14.6. The van der Waals surface area contributed by atoms with Gasteiger partial charge in [-0.15, -0.1) is 11.3 Å². The van der Waals surface area contributed by atoms with Gasteiger partial charge in [0.15, 0.2) is 0 Å². The van der Waals surface area contributed by atoms with Gasteiger partial charge in [0.2, 0.25) is 11.9 Å². The van der Waals surface area contributed by atoms with Crippen molar-refractivity contribution >= 4 is 33.1 Å². The third kappa shape index (κ3) is 2.74. The fourth-order valence-electron chi connectivity index (χ4n) is 2.66. The maximum Gasteiger partial charge on any atom is 0.234 e. The summed E-state index contributed by atoms with van der Waals surface area (Å²) in [7, 11) is 0. The molecule has 24 heavy (non-hydrogen) atoms. The molecule has 0 unspecified atom stereocenters. The lowest BCUT2D eigenvalue weighted by Gasteiger charge is -2.05. The van der Waals surface area contributed by atoms with E-state index in [1.165, 1.54) is 0 Å². The van der Waals surface area contributed by atoms with E-state index in [-0.39, 0.29) is 10.8 Å². The molecule has 2 atom stereocenters. The molecule has 120 valence electrons. The van der Waals surface area contributed by atoms with Crippen LogP contribution in [0.3, 0.4) is 0 Å². The summed E-state index contributed by atoms with van der Waals surface area (Å²) in [5.74, 6) is -0.816. The number of anilines is 1. The molecule has 2 aromatic carbocycles. The maximum atomic E-state index is 12.0. The van der Waals surface area contributed by atoms with Crippen LogP contribution in [0.25, 0.3) is 20.8 Å². The van der Waals surface area contributed by atoms with Crippen molar-refractivity contribution in [3.63, 3.8) is 0 Å². The van der Waals surface area contributed by atoms with Crippen molar-refractivity contribution in [1.29, 1.82) is 0 Å². The summed E-state index contributed by atoms with van der Waals surface area (Å²) >= 11 is 1.59. The molecule has 0 saturated heterocycles. The molecule has 1 N–H and O–H groups in total. The largest absolute Gasteiger partial charge is 0.326 e. The molecule has 0 spiro atoms. The second-order valence-corrected chi connectivity index (χ2v) is 6.78. The highest BCUT2D eigenvalue weighted by molar-refractivity contribution is 7.21. The zero-order valence-electron chi connectivity index (χ0n) is 12.5. The third-order valence-electron chi connectivity index (χ3n) is 4.04. The van der Waals surface area contributed by atoms with Crippen LogP contribution in [0, 0.1) is 16.0 Å². The number of hydrogen-bond acceptors (Lipinski definition) is 5. The van der Waals surface area contributed by atoms with Crippen LogP contribution in [-0.4, -0.2) is 21.9 Å². The summed E-state index contributed by atoms with van der Waals surface area (Å²) < 4.78 is 1.11. The molecule has 1 aliphatic rings. The zero-order valence-corrected chi connectivity index (χ0v) is 13.3. The highest BCUT2D eigenvalue weighted by Gasteiger charge is 2.53. The van der Waals surface area contributed by atoms with Gasteiger partial charge in [-0.25, -0.2) is 4.98 Å². The molecule has 0 bridgehead atoms. The van der Waals surface area contributed by atoms with E-state index in [0.717, 1.165) is 20.8 Å². The van der Waals surface area contributed by atoms with Crippen LogP contribution in [-0.2, 0) is 4.79 Å². The topological polar surface area (TPSA) is 85.1 Å². The van der Waals surface area contributed by atoms with E-state index < -0.39 is 12.0 Å². The SMILES string of the molecule is O=C(Nc1cccc(-c2nc3ccccc3s2)c1)[C@@H]1C[C@@H]1[N+](=O)[O-]. The zero-order chi connectivity index (χ0) is 16.7. The number of rotatable bonds is 4. The Hall–Kier alpha value is -2.80.